The van der Waals surface area contributed by atoms with Crippen LogP contribution in [0.1, 0.15) is 16.8 Å². The molecule has 0 aliphatic carbocycles. The van der Waals surface area contributed by atoms with E-state index in [9.17, 15) is 0 Å². The highest BCUT2D eigenvalue weighted by Gasteiger charge is 2.11. The Bertz CT molecular complexity index is 514. The lowest BCUT2D eigenvalue weighted by Crippen LogP contribution is -1.91. The van der Waals surface area contributed by atoms with Crippen molar-refractivity contribution in [3.05, 3.63) is 40.2 Å². The van der Waals surface area contributed by atoms with Crippen LogP contribution in [-0.2, 0) is 5.88 Å². The van der Waals surface area contributed by atoms with Crippen LogP contribution < -0.4 is 4.74 Å². The molecule has 5 heteroatoms. The number of oxazole rings is 1. The lowest BCUT2D eigenvalue weighted by Gasteiger charge is -2.08. The van der Waals surface area contributed by atoms with E-state index in [4.69, 9.17) is 32.4 Å². The quantitative estimate of drug-likeness (QED) is 0.773. The molecule has 0 bridgehead atoms. The first kappa shape index (κ1) is 12.3. The van der Waals surface area contributed by atoms with Gasteiger partial charge >= 0.3 is 6.08 Å². The standard InChI is InChI=1S/C12H11Cl2NO2/c1-7-3-9(14)4-8(2)11(7)17-12-15-10(5-13)6-16-12/h3-4,6H,5H2,1-2H3. The number of ether oxygens (including phenoxy) is 1. The van der Waals surface area contributed by atoms with Crippen molar-refractivity contribution in [3.63, 3.8) is 0 Å². The molecular formula is C12H11Cl2NO2. The molecule has 0 atom stereocenters. The van der Waals surface area contributed by atoms with E-state index < -0.39 is 0 Å². The number of hydrogen-bond donors (Lipinski definition) is 0. The third-order valence-electron chi connectivity index (χ3n) is 2.28. The highest BCUT2D eigenvalue weighted by Crippen LogP contribution is 2.30. The predicted octanol–water partition coefficient (Wildman–Crippen LogP) is 4.48. The molecule has 1 aromatic heterocycles. The molecule has 17 heavy (non-hydrogen) atoms. The van der Waals surface area contributed by atoms with Gasteiger partial charge in [-0.25, -0.2) is 0 Å². The Hall–Kier alpha value is -1.19. The van der Waals surface area contributed by atoms with Crippen LogP contribution in [0.5, 0.6) is 11.8 Å². The topological polar surface area (TPSA) is 35.3 Å². The molecule has 1 heterocycles. The molecule has 0 aliphatic rings. The molecule has 0 radical (unpaired) electrons. The Morgan fingerprint density at radius 3 is 2.47 bits per heavy atom. The van der Waals surface area contributed by atoms with Crippen molar-refractivity contribution in [2.24, 2.45) is 0 Å². The van der Waals surface area contributed by atoms with Gasteiger partial charge in [0.2, 0.25) is 0 Å². The summed E-state index contributed by atoms with van der Waals surface area (Å²) in [6.07, 6.45) is 1.66. The normalized spacial score (nSPS) is 10.6. The van der Waals surface area contributed by atoms with Gasteiger partial charge in [0.05, 0.1) is 11.6 Å². The molecule has 2 rings (SSSR count). The highest BCUT2D eigenvalue weighted by atomic mass is 35.5. The summed E-state index contributed by atoms with van der Waals surface area (Å²) in [5.74, 6) is 1.00. The third-order valence-corrected chi connectivity index (χ3v) is 2.77. The summed E-state index contributed by atoms with van der Waals surface area (Å²) in [4.78, 5) is 4.07. The zero-order valence-electron chi connectivity index (χ0n) is 9.46. The van der Waals surface area contributed by atoms with Gasteiger partial charge in [-0.2, -0.15) is 4.98 Å². The smallest absolute Gasteiger partial charge is 0.399 e. The summed E-state index contributed by atoms with van der Waals surface area (Å²) >= 11 is 11.6. The summed E-state index contributed by atoms with van der Waals surface area (Å²) in [5.41, 5.74) is 2.51. The van der Waals surface area contributed by atoms with Crippen LogP contribution in [0.15, 0.2) is 22.8 Å². The fraction of sp³-hybridized carbons (Fsp3) is 0.250. The van der Waals surface area contributed by atoms with Gasteiger partial charge in [0.15, 0.2) is 0 Å². The minimum atomic E-state index is 0.189. The van der Waals surface area contributed by atoms with E-state index in [1.807, 2.05) is 26.0 Å². The fourth-order valence-corrected chi connectivity index (χ4v) is 1.99. The van der Waals surface area contributed by atoms with E-state index in [1.54, 1.807) is 0 Å². The first-order valence-corrected chi connectivity index (χ1v) is 5.96. The molecule has 3 nitrogen and oxygen atoms in total. The monoisotopic (exact) mass is 271 g/mol. The molecule has 1 aromatic carbocycles. The van der Waals surface area contributed by atoms with Crippen molar-refractivity contribution < 1.29 is 9.15 Å². The summed E-state index contributed by atoms with van der Waals surface area (Å²) < 4.78 is 10.7. The molecule has 0 saturated heterocycles. The molecule has 0 N–H and O–H groups in total. The van der Waals surface area contributed by atoms with E-state index in [0.29, 0.717) is 22.3 Å². The Labute approximate surface area is 109 Å². The van der Waals surface area contributed by atoms with Crippen LogP contribution in [0, 0.1) is 13.8 Å². The number of rotatable bonds is 3. The number of alkyl halides is 1. The molecule has 0 unspecified atom stereocenters. The van der Waals surface area contributed by atoms with Gasteiger partial charge in [0, 0.05) is 5.02 Å². The average molecular weight is 272 g/mol. The second-order valence-corrected chi connectivity index (χ2v) is 4.41. The number of aromatic nitrogens is 1. The van der Waals surface area contributed by atoms with Crippen LogP contribution in [0.3, 0.4) is 0 Å². The van der Waals surface area contributed by atoms with Crippen LogP contribution in [-0.4, -0.2) is 4.98 Å². The maximum Gasteiger partial charge on any atom is 0.399 e. The van der Waals surface area contributed by atoms with Gasteiger partial charge in [0.25, 0.3) is 0 Å². The van der Waals surface area contributed by atoms with Crippen LogP contribution >= 0.6 is 23.2 Å². The Kier molecular flexibility index (Phi) is 3.60. The number of nitrogens with zero attached hydrogens (tertiary/aromatic N) is 1. The molecule has 90 valence electrons. The predicted molar refractivity (Wildman–Crippen MR) is 67.1 cm³/mol. The SMILES string of the molecule is Cc1cc(Cl)cc(C)c1Oc1nc(CCl)co1. The van der Waals surface area contributed by atoms with Gasteiger partial charge in [-0.1, -0.05) is 11.6 Å². The van der Waals surface area contributed by atoms with E-state index in [-0.39, 0.29) is 6.08 Å². The molecular weight excluding hydrogens is 261 g/mol. The van der Waals surface area contributed by atoms with Crippen molar-refractivity contribution in [2.45, 2.75) is 19.7 Å². The number of hydrogen-bond acceptors (Lipinski definition) is 3. The second-order valence-electron chi connectivity index (χ2n) is 3.71. The lowest BCUT2D eigenvalue weighted by molar-refractivity contribution is 0.327. The van der Waals surface area contributed by atoms with Crippen LogP contribution in [0.4, 0.5) is 0 Å². The van der Waals surface area contributed by atoms with Crippen molar-refractivity contribution in [1.82, 2.24) is 4.98 Å². The van der Waals surface area contributed by atoms with Crippen molar-refractivity contribution in [1.29, 1.82) is 0 Å². The molecule has 0 saturated carbocycles. The van der Waals surface area contributed by atoms with Gasteiger partial charge in [-0.05, 0) is 37.1 Å². The highest BCUT2D eigenvalue weighted by molar-refractivity contribution is 6.30. The van der Waals surface area contributed by atoms with Gasteiger partial charge in [0.1, 0.15) is 12.0 Å². The zero-order chi connectivity index (χ0) is 12.4. The van der Waals surface area contributed by atoms with E-state index in [0.717, 1.165) is 11.1 Å². The van der Waals surface area contributed by atoms with E-state index in [2.05, 4.69) is 4.98 Å². The fourth-order valence-electron chi connectivity index (χ4n) is 1.54. The Morgan fingerprint density at radius 1 is 1.29 bits per heavy atom. The minimum Gasteiger partial charge on any atom is -0.417 e. The van der Waals surface area contributed by atoms with E-state index >= 15 is 0 Å². The largest absolute Gasteiger partial charge is 0.417 e. The van der Waals surface area contributed by atoms with Crippen molar-refractivity contribution >= 4 is 23.2 Å². The summed E-state index contributed by atoms with van der Waals surface area (Å²) in [5, 5.41) is 0.682. The average Bonchev–Trinajstić information content (AvgIpc) is 2.71. The molecule has 2 aromatic rings. The lowest BCUT2D eigenvalue weighted by atomic mass is 10.1. The van der Waals surface area contributed by atoms with E-state index in [1.165, 1.54) is 6.26 Å². The van der Waals surface area contributed by atoms with Crippen LogP contribution in [0.25, 0.3) is 0 Å². The number of aryl methyl sites for hydroxylation is 2. The zero-order valence-corrected chi connectivity index (χ0v) is 11.0. The summed E-state index contributed by atoms with van der Waals surface area (Å²) in [6, 6.07) is 3.66. The van der Waals surface area contributed by atoms with Crippen molar-refractivity contribution in [3.8, 4) is 11.8 Å². The molecule has 0 amide bonds. The van der Waals surface area contributed by atoms with Gasteiger partial charge in [-0.15, -0.1) is 11.6 Å². The second kappa shape index (κ2) is 4.98. The van der Waals surface area contributed by atoms with Gasteiger partial charge in [-0.3, -0.25) is 0 Å². The summed E-state index contributed by atoms with van der Waals surface area (Å²) in [6.45, 7) is 3.83. The summed E-state index contributed by atoms with van der Waals surface area (Å²) in [7, 11) is 0. The third kappa shape index (κ3) is 2.73. The number of benzene rings is 1. The van der Waals surface area contributed by atoms with Crippen LogP contribution in [0.2, 0.25) is 5.02 Å². The Morgan fingerprint density at radius 2 is 1.94 bits per heavy atom. The Balaban J connectivity index is 2.29. The molecule has 0 spiro atoms. The van der Waals surface area contributed by atoms with Gasteiger partial charge < -0.3 is 9.15 Å². The van der Waals surface area contributed by atoms with Crippen molar-refractivity contribution in [2.75, 3.05) is 0 Å². The first-order chi connectivity index (χ1) is 8.10. The first-order valence-electron chi connectivity index (χ1n) is 5.05. The molecule has 0 fully saturated rings. The maximum atomic E-state index is 5.94. The number of halogens is 2. The minimum absolute atomic E-state index is 0.189. The molecule has 0 aliphatic heterocycles. The maximum absolute atomic E-state index is 5.94.